The SMILES string of the molecule is CCSCCNC(CC(C)C)C(=O)OC. The number of thioether (sulfide) groups is 1. The number of hydrogen-bond donors (Lipinski definition) is 1. The van der Waals surface area contributed by atoms with Crippen molar-refractivity contribution in [3.05, 3.63) is 0 Å². The Kier molecular flexibility index (Phi) is 8.91. The number of carbonyl (C=O) groups excluding carboxylic acids is 1. The molecule has 0 radical (unpaired) electrons. The predicted molar refractivity (Wildman–Crippen MR) is 66.3 cm³/mol. The zero-order valence-electron chi connectivity index (χ0n) is 10.2. The number of methoxy groups -OCH3 is 1. The van der Waals surface area contributed by atoms with E-state index < -0.39 is 0 Å². The van der Waals surface area contributed by atoms with Crippen molar-refractivity contribution in [3.63, 3.8) is 0 Å². The second-order valence-electron chi connectivity index (χ2n) is 3.86. The number of nitrogens with one attached hydrogen (secondary N) is 1. The molecule has 0 saturated heterocycles. The van der Waals surface area contributed by atoms with Crippen LogP contribution in [0.15, 0.2) is 0 Å². The second-order valence-corrected chi connectivity index (χ2v) is 5.25. The van der Waals surface area contributed by atoms with E-state index in [1.54, 1.807) is 0 Å². The summed E-state index contributed by atoms with van der Waals surface area (Å²) in [7, 11) is 1.44. The molecule has 0 aromatic rings. The Labute approximate surface area is 97.3 Å². The Hall–Kier alpha value is -0.220. The van der Waals surface area contributed by atoms with Gasteiger partial charge in [0.15, 0.2) is 0 Å². The summed E-state index contributed by atoms with van der Waals surface area (Å²) in [6.07, 6.45) is 0.837. The molecule has 15 heavy (non-hydrogen) atoms. The summed E-state index contributed by atoms with van der Waals surface area (Å²) in [5, 5.41) is 3.24. The van der Waals surface area contributed by atoms with Gasteiger partial charge in [0.05, 0.1) is 7.11 Å². The van der Waals surface area contributed by atoms with Gasteiger partial charge in [0, 0.05) is 12.3 Å². The fourth-order valence-corrected chi connectivity index (χ4v) is 1.88. The highest BCUT2D eigenvalue weighted by Crippen LogP contribution is 2.06. The van der Waals surface area contributed by atoms with Crippen molar-refractivity contribution in [2.24, 2.45) is 5.92 Å². The summed E-state index contributed by atoms with van der Waals surface area (Å²) < 4.78 is 4.76. The van der Waals surface area contributed by atoms with E-state index in [9.17, 15) is 4.79 Å². The zero-order valence-corrected chi connectivity index (χ0v) is 11.0. The Bertz CT molecular complexity index is 174. The largest absolute Gasteiger partial charge is 0.468 e. The second kappa shape index (κ2) is 9.04. The summed E-state index contributed by atoms with van der Waals surface area (Å²) in [6, 6.07) is -0.146. The minimum absolute atomic E-state index is 0.146. The first-order chi connectivity index (χ1) is 7.11. The van der Waals surface area contributed by atoms with Gasteiger partial charge in [-0.1, -0.05) is 20.8 Å². The highest BCUT2D eigenvalue weighted by molar-refractivity contribution is 7.99. The number of rotatable bonds is 8. The van der Waals surface area contributed by atoms with Crippen molar-refractivity contribution >= 4 is 17.7 Å². The molecule has 0 fully saturated rings. The highest BCUT2D eigenvalue weighted by Gasteiger charge is 2.19. The maximum absolute atomic E-state index is 11.4. The molecule has 3 nitrogen and oxygen atoms in total. The molecule has 0 bridgehead atoms. The van der Waals surface area contributed by atoms with Crippen molar-refractivity contribution in [1.29, 1.82) is 0 Å². The van der Waals surface area contributed by atoms with Crippen LogP contribution in [0.1, 0.15) is 27.2 Å². The average molecular weight is 233 g/mol. The fourth-order valence-electron chi connectivity index (χ4n) is 1.33. The van der Waals surface area contributed by atoms with Crippen LogP contribution in [0.5, 0.6) is 0 Å². The van der Waals surface area contributed by atoms with Crippen LogP contribution in [0.4, 0.5) is 0 Å². The molecule has 0 aromatic heterocycles. The van der Waals surface area contributed by atoms with Crippen LogP contribution in [0.25, 0.3) is 0 Å². The Balaban J connectivity index is 3.85. The van der Waals surface area contributed by atoms with Crippen LogP contribution in [0.2, 0.25) is 0 Å². The third-order valence-electron chi connectivity index (χ3n) is 2.03. The van der Waals surface area contributed by atoms with Crippen LogP contribution in [-0.2, 0) is 9.53 Å². The molecule has 0 rings (SSSR count). The summed E-state index contributed by atoms with van der Waals surface area (Å²) >= 11 is 1.87. The molecule has 0 aromatic carbocycles. The van der Waals surface area contributed by atoms with Crippen molar-refractivity contribution in [3.8, 4) is 0 Å². The monoisotopic (exact) mass is 233 g/mol. The Morgan fingerprint density at radius 3 is 2.60 bits per heavy atom. The molecular formula is C11H23NO2S. The molecule has 0 saturated carbocycles. The first-order valence-corrected chi connectivity index (χ1v) is 6.66. The summed E-state index contributed by atoms with van der Waals surface area (Å²) in [6.45, 7) is 7.22. The zero-order chi connectivity index (χ0) is 11.7. The molecule has 4 heteroatoms. The summed E-state index contributed by atoms with van der Waals surface area (Å²) in [4.78, 5) is 11.4. The lowest BCUT2D eigenvalue weighted by atomic mass is 10.0. The third kappa shape index (κ3) is 7.68. The predicted octanol–water partition coefficient (Wildman–Crippen LogP) is 1.92. The standard InChI is InChI=1S/C11H23NO2S/c1-5-15-7-6-12-10(8-9(2)3)11(13)14-4/h9-10,12H,5-8H2,1-4H3. The minimum Gasteiger partial charge on any atom is -0.468 e. The molecule has 0 aliphatic rings. The quantitative estimate of drug-likeness (QED) is 0.513. The van der Waals surface area contributed by atoms with Gasteiger partial charge >= 0.3 is 5.97 Å². The van der Waals surface area contributed by atoms with Gasteiger partial charge in [0.1, 0.15) is 6.04 Å². The van der Waals surface area contributed by atoms with Crippen LogP contribution in [0, 0.1) is 5.92 Å². The third-order valence-corrected chi connectivity index (χ3v) is 2.94. The first kappa shape index (κ1) is 14.8. The smallest absolute Gasteiger partial charge is 0.322 e. The van der Waals surface area contributed by atoms with Gasteiger partial charge in [-0.2, -0.15) is 11.8 Å². The van der Waals surface area contributed by atoms with E-state index in [4.69, 9.17) is 4.74 Å². The molecule has 0 aliphatic heterocycles. The van der Waals surface area contributed by atoms with E-state index in [1.165, 1.54) is 7.11 Å². The molecule has 0 spiro atoms. The van der Waals surface area contributed by atoms with Gasteiger partial charge in [0.2, 0.25) is 0 Å². The number of esters is 1. The topological polar surface area (TPSA) is 38.3 Å². The molecule has 1 N–H and O–H groups in total. The molecule has 1 unspecified atom stereocenters. The average Bonchev–Trinajstić information content (AvgIpc) is 2.21. The molecule has 1 atom stereocenters. The van der Waals surface area contributed by atoms with E-state index in [-0.39, 0.29) is 12.0 Å². The lowest BCUT2D eigenvalue weighted by Gasteiger charge is -2.18. The summed E-state index contributed by atoms with van der Waals surface area (Å²) in [5.41, 5.74) is 0. The highest BCUT2D eigenvalue weighted by atomic mass is 32.2. The molecule has 0 heterocycles. The van der Waals surface area contributed by atoms with Crippen LogP contribution in [0.3, 0.4) is 0 Å². The molecular weight excluding hydrogens is 210 g/mol. The number of hydrogen-bond acceptors (Lipinski definition) is 4. The Morgan fingerprint density at radius 2 is 2.13 bits per heavy atom. The van der Waals surface area contributed by atoms with E-state index in [1.807, 2.05) is 11.8 Å². The van der Waals surface area contributed by atoms with Gasteiger partial charge in [-0.05, 0) is 18.1 Å². The summed E-state index contributed by atoms with van der Waals surface area (Å²) in [5.74, 6) is 2.52. The lowest BCUT2D eigenvalue weighted by Crippen LogP contribution is -2.39. The van der Waals surface area contributed by atoms with Crippen LogP contribution >= 0.6 is 11.8 Å². The molecule has 90 valence electrons. The number of ether oxygens (including phenoxy) is 1. The maximum Gasteiger partial charge on any atom is 0.322 e. The minimum atomic E-state index is -0.148. The molecule has 0 aliphatic carbocycles. The van der Waals surface area contributed by atoms with E-state index in [0.29, 0.717) is 5.92 Å². The van der Waals surface area contributed by atoms with E-state index in [0.717, 1.165) is 24.5 Å². The van der Waals surface area contributed by atoms with Gasteiger partial charge in [-0.15, -0.1) is 0 Å². The maximum atomic E-state index is 11.4. The van der Waals surface area contributed by atoms with E-state index >= 15 is 0 Å². The number of carbonyl (C=O) groups is 1. The van der Waals surface area contributed by atoms with Gasteiger partial charge < -0.3 is 10.1 Å². The van der Waals surface area contributed by atoms with Crippen molar-refractivity contribution < 1.29 is 9.53 Å². The van der Waals surface area contributed by atoms with Gasteiger partial charge in [0.25, 0.3) is 0 Å². The van der Waals surface area contributed by atoms with Gasteiger partial charge in [-0.25, -0.2) is 0 Å². The van der Waals surface area contributed by atoms with Gasteiger partial charge in [-0.3, -0.25) is 4.79 Å². The van der Waals surface area contributed by atoms with Crippen molar-refractivity contribution in [2.75, 3.05) is 25.2 Å². The van der Waals surface area contributed by atoms with Crippen molar-refractivity contribution in [2.45, 2.75) is 33.2 Å². The lowest BCUT2D eigenvalue weighted by molar-refractivity contribution is -0.143. The van der Waals surface area contributed by atoms with E-state index in [2.05, 4.69) is 26.1 Å². The Morgan fingerprint density at radius 1 is 1.47 bits per heavy atom. The van der Waals surface area contributed by atoms with Crippen LogP contribution in [-0.4, -0.2) is 37.2 Å². The van der Waals surface area contributed by atoms with Crippen LogP contribution < -0.4 is 5.32 Å². The van der Waals surface area contributed by atoms with Crippen molar-refractivity contribution in [1.82, 2.24) is 5.32 Å². The first-order valence-electron chi connectivity index (χ1n) is 5.50. The fraction of sp³-hybridized carbons (Fsp3) is 0.909. The normalized spacial score (nSPS) is 12.9. The molecule has 0 amide bonds.